The van der Waals surface area contributed by atoms with Crippen LogP contribution in [0.3, 0.4) is 0 Å². The molecule has 1 aliphatic rings. The number of ether oxygens (including phenoxy) is 1. The monoisotopic (exact) mass is 246 g/mol. The smallest absolute Gasteiger partial charge is 0.119 e. The molecule has 2 rings (SSSR count). The summed E-state index contributed by atoms with van der Waals surface area (Å²) in [5.41, 5.74) is 2.64. The van der Waals surface area contributed by atoms with Crippen molar-refractivity contribution < 1.29 is 9.84 Å². The van der Waals surface area contributed by atoms with Gasteiger partial charge in [-0.3, -0.25) is 0 Å². The summed E-state index contributed by atoms with van der Waals surface area (Å²) in [5.74, 6) is 1.19. The van der Waals surface area contributed by atoms with Crippen molar-refractivity contribution in [1.29, 1.82) is 0 Å². The molecule has 0 aliphatic heterocycles. The highest BCUT2D eigenvalue weighted by Gasteiger charge is 2.27. The van der Waals surface area contributed by atoms with E-state index in [1.54, 1.807) is 7.11 Å². The molecular weight excluding hydrogens is 224 g/mol. The van der Waals surface area contributed by atoms with Crippen molar-refractivity contribution >= 4 is 0 Å². The molecule has 0 heterocycles. The maximum Gasteiger partial charge on any atom is 0.119 e. The van der Waals surface area contributed by atoms with E-state index in [0.29, 0.717) is 0 Å². The van der Waals surface area contributed by atoms with Gasteiger partial charge in [0, 0.05) is 5.92 Å². The first-order chi connectivity index (χ1) is 8.76. The number of aliphatic hydroxyl groups is 1. The van der Waals surface area contributed by atoms with Gasteiger partial charge in [-0.1, -0.05) is 12.1 Å². The Morgan fingerprint density at radius 3 is 3.06 bits per heavy atom. The molecule has 1 aliphatic carbocycles. The fraction of sp³-hybridized carbons (Fsp3) is 0.500. The molecule has 0 bridgehead atoms. The number of aryl methyl sites for hydroxylation is 1. The normalized spacial score (nSPS) is 22.3. The summed E-state index contributed by atoms with van der Waals surface area (Å²) >= 11 is 0. The standard InChI is InChI=1S/C16H22O2/c1-3-4-5-6-15-14-9-8-13(18-2)11-12(14)7-10-16(15)17/h3,8-9,11,15-17H,1,4-7,10H2,2H3. The van der Waals surface area contributed by atoms with Crippen molar-refractivity contribution in [3.05, 3.63) is 42.0 Å². The maximum absolute atomic E-state index is 10.2. The molecule has 0 amide bonds. The van der Waals surface area contributed by atoms with Gasteiger partial charge in [-0.25, -0.2) is 0 Å². The van der Waals surface area contributed by atoms with Gasteiger partial charge in [0.2, 0.25) is 0 Å². The molecule has 0 saturated carbocycles. The van der Waals surface area contributed by atoms with E-state index in [1.165, 1.54) is 11.1 Å². The minimum absolute atomic E-state index is 0.198. The Morgan fingerprint density at radius 1 is 1.50 bits per heavy atom. The molecule has 0 aromatic heterocycles. The van der Waals surface area contributed by atoms with Crippen LogP contribution < -0.4 is 4.74 Å². The summed E-state index contributed by atoms with van der Waals surface area (Å²) in [6.45, 7) is 3.75. The molecule has 2 unspecified atom stereocenters. The average Bonchev–Trinajstić information content (AvgIpc) is 2.41. The van der Waals surface area contributed by atoms with E-state index in [1.807, 2.05) is 12.1 Å². The third kappa shape index (κ3) is 2.75. The molecule has 2 nitrogen and oxygen atoms in total. The second-order valence-corrected chi connectivity index (χ2v) is 5.00. The van der Waals surface area contributed by atoms with Crippen LogP contribution in [0.4, 0.5) is 0 Å². The van der Waals surface area contributed by atoms with Crippen molar-refractivity contribution in [2.75, 3.05) is 7.11 Å². The van der Waals surface area contributed by atoms with Gasteiger partial charge in [0.05, 0.1) is 13.2 Å². The van der Waals surface area contributed by atoms with Gasteiger partial charge in [-0.2, -0.15) is 0 Å². The number of unbranched alkanes of at least 4 members (excludes halogenated alkanes) is 1. The largest absolute Gasteiger partial charge is 0.497 e. The van der Waals surface area contributed by atoms with E-state index in [0.717, 1.165) is 37.9 Å². The second kappa shape index (κ2) is 6.05. The van der Waals surface area contributed by atoms with E-state index in [-0.39, 0.29) is 12.0 Å². The minimum atomic E-state index is -0.198. The average molecular weight is 246 g/mol. The Labute approximate surface area is 109 Å². The summed E-state index contributed by atoms with van der Waals surface area (Å²) in [5, 5.41) is 10.2. The SMILES string of the molecule is C=CCCCC1c2ccc(OC)cc2CCC1O. The topological polar surface area (TPSA) is 29.5 Å². The van der Waals surface area contributed by atoms with Gasteiger partial charge in [0.15, 0.2) is 0 Å². The number of benzene rings is 1. The molecule has 0 saturated heterocycles. The molecular formula is C16H22O2. The van der Waals surface area contributed by atoms with Crippen LogP contribution in [-0.4, -0.2) is 18.3 Å². The summed E-state index contributed by atoms with van der Waals surface area (Å²) in [6, 6.07) is 6.23. The first-order valence-corrected chi connectivity index (χ1v) is 6.72. The molecule has 2 heteroatoms. The van der Waals surface area contributed by atoms with Gasteiger partial charge in [-0.05, 0) is 55.4 Å². The Kier molecular flexibility index (Phi) is 4.43. The summed E-state index contributed by atoms with van der Waals surface area (Å²) in [6.07, 6.45) is 6.71. The highest BCUT2D eigenvalue weighted by molar-refractivity contribution is 5.40. The van der Waals surface area contributed by atoms with Crippen LogP contribution in [0.2, 0.25) is 0 Å². The highest BCUT2D eigenvalue weighted by atomic mass is 16.5. The van der Waals surface area contributed by atoms with Crippen LogP contribution in [-0.2, 0) is 6.42 Å². The van der Waals surface area contributed by atoms with Crippen LogP contribution in [0.15, 0.2) is 30.9 Å². The van der Waals surface area contributed by atoms with E-state index >= 15 is 0 Å². The first kappa shape index (κ1) is 13.2. The molecule has 0 radical (unpaired) electrons. The number of methoxy groups -OCH3 is 1. The number of aliphatic hydroxyl groups excluding tert-OH is 1. The van der Waals surface area contributed by atoms with E-state index < -0.39 is 0 Å². The zero-order valence-electron chi connectivity index (χ0n) is 11.1. The first-order valence-electron chi connectivity index (χ1n) is 6.72. The third-order valence-corrected chi connectivity index (χ3v) is 3.85. The number of rotatable bonds is 5. The van der Waals surface area contributed by atoms with Crippen molar-refractivity contribution in [3.8, 4) is 5.75 Å². The summed E-state index contributed by atoms with van der Waals surface area (Å²) in [4.78, 5) is 0. The lowest BCUT2D eigenvalue weighted by atomic mass is 9.78. The third-order valence-electron chi connectivity index (χ3n) is 3.85. The minimum Gasteiger partial charge on any atom is -0.497 e. The van der Waals surface area contributed by atoms with E-state index in [9.17, 15) is 5.11 Å². The second-order valence-electron chi connectivity index (χ2n) is 5.00. The fourth-order valence-corrected chi connectivity index (χ4v) is 2.83. The lowest BCUT2D eigenvalue weighted by molar-refractivity contribution is 0.121. The molecule has 98 valence electrons. The lowest BCUT2D eigenvalue weighted by Crippen LogP contribution is -2.25. The van der Waals surface area contributed by atoms with Crippen molar-refractivity contribution in [1.82, 2.24) is 0 Å². The fourth-order valence-electron chi connectivity index (χ4n) is 2.83. The van der Waals surface area contributed by atoms with Crippen LogP contribution in [0.5, 0.6) is 5.75 Å². The van der Waals surface area contributed by atoms with Gasteiger partial charge in [0.25, 0.3) is 0 Å². The molecule has 1 aromatic rings. The predicted octanol–water partition coefficient (Wildman–Crippen LogP) is 3.44. The molecule has 0 fully saturated rings. The predicted molar refractivity (Wildman–Crippen MR) is 74.1 cm³/mol. The van der Waals surface area contributed by atoms with Crippen molar-refractivity contribution in [2.45, 2.75) is 44.1 Å². The van der Waals surface area contributed by atoms with Crippen LogP contribution >= 0.6 is 0 Å². The molecule has 0 spiro atoms. The summed E-state index contributed by atoms with van der Waals surface area (Å²) in [7, 11) is 1.70. The lowest BCUT2D eigenvalue weighted by Gasteiger charge is -2.30. The zero-order valence-corrected chi connectivity index (χ0v) is 11.1. The van der Waals surface area contributed by atoms with Crippen LogP contribution in [0.1, 0.15) is 42.7 Å². The summed E-state index contributed by atoms with van der Waals surface area (Å²) < 4.78 is 5.27. The Morgan fingerprint density at radius 2 is 2.33 bits per heavy atom. The van der Waals surface area contributed by atoms with Gasteiger partial charge >= 0.3 is 0 Å². The molecule has 1 aromatic carbocycles. The number of fused-ring (bicyclic) bond motifs is 1. The number of hydrogen-bond donors (Lipinski definition) is 1. The van der Waals surface area contributed by atoms with E-state index in [2.05, 4.69) is 18.7 Å². The van der Waals surface area contributed by atoms with Gasteiger partial charge in [0.1, 0.15) is 5.75 Å². The van der Waals surface area contributed by atoms with Crippen molar-refractivity contribution in [2.24, 2.45) is 0 Å². The van der Waals surface area contributed by atoms with E-state index in [4.69, 9.17) is 4.74 Å². The van der Waals surface area contributed by atoms with Gasteiger partial charge < -0.3 is 9.84 Å². The quantitative estimate of drug-likeness (QED) is 0.637. The Bertz CT molecular complexity index is 412. The van der Waals surface area contributed by atoms with Gasteiger partial charge in [-0.15, -0.1) is 6.58 Å². The number of hydrogen-bond acceptors (Lipinski definition) is 2. The molecule has 1 N–H and O–H groups in total. The maximum atomic E-state index is 10.2. The zero-order chi connectivity index (χ0) is 13.0. The van der Waals surface area contributed by atoms with Crippen LogP contribution in [0, 0.1) is 0 Å². The van der Waals surface area contributed by atoms with Crippen LogP contribution in [0.25, 0.3) is 0 Å². The van der Waals surface area contributed by atoms with Crippen molar-refractivity contribution in [3.63, 3.8) is 0 Å². The molecule has 18 heavy (non-hydrogen) atoms. The Balaban J connectivity index is 2.18. The number of allylic oxidation sites excluding steroid dienone is 1. The Hall–Kier alpha value is -1.28. The molecule has 2 atom stereocenters. The highest BCUT2D eigenvalue weighted by Crippen LogP contribution is 2.37.